The molecule has 0 unspecified atom stereocenters. The number of thiophene rings is 3. The number of nitrogens with one attached hydrogen (secondary N) is 10. The number of anilines is 4. The van der Waals surface area contributed by atoms with E-state index in [0.29, 0.717) is 58.7 Å². The average molecular weight is 1530 g/mol. The Morgan fingerprint density at radius 1 is 0.476 bits per heavy atom. The highest BCUT2D eigenvalue weighted by atomic mass is 32.1. The van der Waals surface area contributed by atoms with Gasteiger partial charge in [-0.15, -0.1) is 68.0 Å². The van der Waals surface area contributed by atoms with E-state index in [4.69, 9.17) is 39.6 Å². The first-order valence-electron chi connectivity index (χ1n) is 34.8. The maximum absolute atomic E-state index is 12.7. The number of H-pyrrole nitrogens is 1. The topological polar surface area (TPSA) is 328 Å². The van der Waals surface area contributed by atoms with Crippen LogP contribution in [0.25, 0.3) is 95.9 Å². The third-order valence-electron chi connectivity index (χ3n) is 17.7. The lowest BCUT2D eigenvalue weighted by Crippen LogP contribution is -2.24. The molecule has 0 saturated heterocycles. The number of rotatable bonds is 28. The molecule has 0 atom stereocenters. The van der Waals surface area contributed by atoms with Gasteiger partial charge in [0.1, 0.15) is 35.8 Å². The number of pyridine rings is 1. The van der Waals surface area contributed by atoms with Gasteiger partial charge in [0.25, 0.3) is 0 Å². The van der Waals surface area contributed by atoms with Gasteiger partial charge in [-0.2, -0.15) is 5.10 Å². The first-order valence-corrected chi connectivity index (χ1v) is 39.7. The number of amides is 3. The van der Waals surface area contributed by atoms with Crippen molar-refractivity contribution in [2.45, 2.75) is 65.1 Å². The molecule has 3 aliphatic heterocycles. The van der Waals surface area contributed by atoms with Crippen molar-refractivity contribution in [2.24, 2.45) is 0 Å². The van der Waals surface area contributed by atoms with E-state index in [1.165, 1.54) is 31.3 Å². The molecule has 3 aliphatic rings. The molecule has 0 radical (unpaired) electrons. The molecule has 0 spiro atoms. The molecular formula is C74H84N18O7S6. The molecule has 548 valence electrons. The van der Waals surface area contributed by atoms with Crippen LogP contribution in [-0.2, 0) is 67.5 Å². The van der Waals surface area contributed by atoms with Crippen LogP contribution in [-0.4, -0.2) is 165 Å². The summed E-state index contributed by atoms with van der Waals surface area (Å²) in [6.45, 7) is 13.1. The monoisotopic (exact) mass is 1530 g/mol. The number of fused-ring (bicyclic) bond motifs is 6. The number of nitrogen functional groups attached to an aromatic ring is 1. The number of ether oxygens (including phenoxy) is 4. The van der Waals surface area contributed by atoms with Gasteiger partial charge in [-0.1, -0.05) is 18.2 Å². The number of carbonyl (C=O) groups is 3. The smallest absolute Gasteiger partial charge is 0.226 e. The zero-order chi connectivity index (χ0) is 72.6. The van der Waals surface area contributed by atoms with Crippen molar-refractivity contribution < 1.29 is 33.3 Å². The molecule has 31 heteroatoms. The minimum atomic E-state index is -0.00512. The Morgan fingerprint density at radius 3 is 1.37 bits per heavy atom. The highest BCUT2D eigenvalue weighted by Gasteiger charge is 2.29. The SMILES string of the molecule is COCCNCCC(=O)Nc1sc2c(c1-c1nc3cc(-c4cnc(N)nc4)ccc3s1)CCNC2.COCCNCCC(=O)Nc1sc2c(c1-c1nc3cc(-c4cncc(OC)c4)ccc3s1)CCNC2.COCCNCCC(=O)Nc1sc2c(c1-c1nc3ccc(-c4cc(C)[nH]n4)cc3s1)CCNC2. The van der Waals surface area contributed by atoms with E-state index in [0.717, 1.165) is 200 Å². The van der Waals surface area contributed by atoms with Gasteiger partial charge in [0, 0.05) is 172 Å². The minimum absolute atomic E-state index is 0.00152. The molecule has 0 aliphatic carbocycles. The Bertz CT molecular complexity index is 4980. The summed E-state index contributed by atoms with van der Waals surface area (Å²) in [6.07, 6.45) is 11.0. The first-order chi connectivity index (χ1) is 51.4. The predicted octanol–water partition coefficient (Wildman–Crippen LogP) is 11.5. The Balaban J connectivity index is 0.000000140. The lowest BCUT2D eigenvalue weighted by molar-refractivity contribution is -0.116. The fraction of sp³-hybridized carbons (Fsp3) is 0.351. The quantitative estimate of drug-likeness (QED) is 0.0203. The molecule has 0 bridgehead atoms. The van der Waals surface area contributed by atoms with Gasteiger partial charge < -0.3 is 72.5 Å². The number of hydrogen-bond donors (Lipinski definition) is 11. The maximum atomic E-state index is 12.7. The number of methoxy groups -OCH3 is 4. The standard InChI is InChI=1S/C26H29N5O3S2.C24H27N7O2S2.C24H28N6O2S2/c1-33-10-9-27-8-6-23(32)31-26-24(19-5-7-28-15-22(19)36-26)25-30-20-12-16(3-4-21(20)35-25)17-11-18(34-2)14-29-13-17;1-33-9-8-26-7-5-20(32)31-23-21(16-4-6-27-13-19(16)35-23)22-30-17-10-14(2-3-18(17)34-22)15-11-28-24(25)29-12-15;1-14-11-18(30-29-14)15-3-4-17-19(12-15)33-23(27-17)22-16-5-7-26-13-20(16)34-24(22)28-21(31)6-8-25-9-10-32-2/h3-4,11-14,27-28H,5-10,15H2,1-2H3,(H,31,32);2-3,10-12,26-27H,4-9,13H2,1H3,(H,31,32)(H2,25,28,29);3-4,11-12,25-26H,5-10,13H2,1-2H3,(H,28,31)(H,29,30). The van der Waals surface area contributed by atoms with Crippen LogP contribution in [0.1, 0.15) is 56.3 Å². The van der Waals surface area contributed by atoms with E-state index < -0.39 is 0 Å². The lowest BCUT2D eigenvalue weighted by Gasteiger charge is -2.13. The molecule has 12 N–H and O–H groups in total. The molecule has 9 aromatic heterocycles. The van der Waals surface area contributed by atoms with Crippen molar-refractivity contribution in [3.05, 3.63) is 129 Å². The summed E-state index contributed by atoms with van der Waals surface area (Å²) >= 11 is 9.95. The zero-order valence-corrected chi connectivity index (χ0v) is 63.9. The van der Waals surface area contributed by atoms with E-state index >= 15 is 0 Å². The number of carbonyl (C=O) groups excluding carboxylic acids is 3. The van der Waals surface area contributed by atoms with Crippen LogP contribution in [0.4, 0.5) is 21.0 Å². The van der Waals surface area contributed by atoms with Crippen molar-refractivity contribution in [3.8, 4) is 71.0 Å². The summed E-state index contributed by atoms with van der Waals surface area (Å²) in [4.78, 5) is 69.4. The third kappa shape index (κ3) is 18.7. The molecule has 3 aromatic carbocycles. The fourth-order valence-corrected chi connectivity index (χ4v) is 19.4. The minimum Gasteiger partial charge on any atom is -0.495 e. The molecule has 105 heavy (non-hydrogen) atoms. The van der Waals surface area contributed by atoms with Gasteiger partial charge in [-0.3, -0.25) is 24.5 Å². The number of thiazole rings is 3. The number of aryl methyl sites for hydroxylation is 1. The second-order valence-electron chi connectivity index (χ2n) is 25.0. The maximum Gasteiger partial charge on any atom is 0.226 e. The van der Waals surface area contributed by atoms with Crippen molar-refractivity contribution >= 4 is 137 Å². The van der Waals surface area contributed by atoms with Crippen LogP contribution in [0.3, 0.4) is 0 Å². The summed E-state index contributed by atoms with van der Waals surface area (Å²) in [7, 11) is 6.65. The van der Waals surface area contributed by atoms with Gasteiger partial charge in [0.05, 0.1) is 69.5 Å². The number of nitrogens with zero attached hydrogens (tertiary/aromatic N) is 7. The summed E-state index contributed by atoms with van der Waals surface area (Å²) in [5.74, 6) is 0.980. The number of hydrogen-bond acceptors (Lipinski definition) is 27. The van der Waals surface area contributed by atoms with Gasteiger partial charge >= 0.3 is 0 Å². The largest absolute Gasteiger partial charge is 0.495 e. The number of benzene rings is 3. The summed E-state index contributed by atoms with van der Waals surface area (Å²) < 4.78 is 23.8. The van der Waals surface area contributed by atoms with Crippen LogP contribution in [0, 0.1) is 6.92 Å². The van der Waals surface area contributed by atoms with Crippen molar-refractivity contribution in [1.82, 2.24) is 72.0 Å². The second kappa shape index (κ2) is 36.2. The van der Waals surface area contributed by atoms with Crippen LogP contribution >= 0.6 is 68.0 Å². The number of aromatic nitrogens is 8. The third-order valence-corrected chi connectivity index (χ3v) is 24.3. The van der Waals surface area contributed by atoms with Crippen molar-refractivity contribution in [3.63, 3.8) is 0 Å². The van der Waals surface area contributed by atoms with Crippen LogP contribution in [0.15, 0.2) is 91.5 Å². The van der Waals surface area contributed by atoms with Crippen LogP contribution < -0.4 is 58.3 Å². The normalized spacial score (nSPS) is 13.2. The summed E-state index contributed by atoms with van der Waals surface area (Å²) in [6, 6.07) is 22.7. The highest BCUT2D eigenvalue weighted by Crippen LogP contribution is 2.49. The van der Waals surface area contributed by atoms with Crippen LogP contribution in [0.5, 0.6) is 5.75 Å². The number of nitrogens with two attached hydrogens (primary N) is 1. The molecule has 25 nitrogen and oxygen atoms in total. The molecular weight excluding hydrogens is 1450 g/mol. The zero-order valence-electron chi connectivity index (χ0n) is 59.0. The van der Waals surface area contributed by atoms with Gasteiger partial charge in [0.15, 0.2) is 0 Å². The van der Waals surface area contributed by atoms with E-state index in [1.807, 2.05) is 31.3 Å². The summed E-state index contributed by atoms with van der Waals surface area (Å²) in [5.41, 5.74) is 22.5. The molecule has 0 saturated carbocycles. The highest BCUT2D eigenvalue weighted by molar-refractivity contribution is 7.24. The Labute approximate surface area is 631 Å². The van der Waals surface area contributed by atoms with Gasteiger partial charge in [-0.05, 0) is 122 Å². The first kappa shape index (κ1) is 74.8. The average Bonchev–Trinajstić information content (AvgIpc) is 1.63. The fourth-order valence-electron chi connectivity index (χ4n) is 12.4. The van der Waals surface area contributed by atoms with Gasteiger partial charge in [0.2, 0.25) is 23.7 Å². The van der Waals surface area contributed by atoms with Gasteiger partial charge in [-0.25, -0.2) is 24.9 Å². The molecule has 3 amide bonds. The number of aromatic amines is 1. The Morgan fingerprint density at radius 2 is 0.924 bits per heavy atom. The Hall–Kier alpha value is -8.48. The summed E-state index contributed by atoms with van der Waals surface area (Å²) in [5, 5.41) is 42.4. The van der Waals surface area contributed by atoms with Crippen molar-refractivity contribution in [1.29, 1.82) is 0 Å². The Kier molecular flexibility index (Phi) is 25.8. The lowest BCUT2D eigenvalue weighted by atomic mass is 10.0. The molecule has 12 heterocycles. The van der Waals surface area contributed by atoms with E-state index in [-0.39, 0.29) is 23.7 Å². The van der Waals surface area contributed by atoms with E-state index in [2.05, 4.69) is 122 Å². The second-order valence-corrected chi connectivity index (χ2v) is 31.4. The van der Waals surface area contributed by atoms with Crippen LogP contribution in [0.2, 0.25) is 0 Å². The molecule has 15 rings (SSSR count). The molecule has 12 aromatic rings. The predicted molar refractivity (Wildman–Crippen MR) is 427 cm³/mol. The van der Waals surface area contributed by atoms with E-state index in [9.17, 15) is 14.4 Å². The van der Waals surface area contributed by atoms with E-state index in [1.54, 1.807) is 115 Å². The molecule has 0 fully saturated rings. The van der Waals surface area contributed by atoms with Crippen molar-refractivity contribution in [2.75, 3.05) is 129 Å².